The Morgan fingerprint density at radius 1 is 1.40 bits per heavy atom. The van der Waals surface area contributed by atoms with Gasteiger partial charge in [0.15, 0.2) is 0 Å². The number of rotatable bonds is 3. The molecule has 0 radical (unpaired) electrons. The molecule has 1 atom stereocenters. The molecule has 1 heterocycles. The number of carbonyl (C=O) groups excluding carboxylic acids is 1. The quantitative estimate of drug-likeness (QED) is 0.796. The van der Waals surface area contributed by atoms with Crippen LogP contribution in [-0.2, 0) is 9.53 Å². The molecular formula is C16H23NO3. The van der Waals surface area contributed by atoms with E-state index in [0.29, 0.717) is 5.92 Å². The number of nitrogens with zero attached hydrogens (tertiary/aromatic N) is 1. The van der Waals surface area contributed by atoms with Crippen LogP contribution in [0.4, 0.5) is 5.69 Å². The van der Waals surface area contributed by atoms with Gasteiger partial charge in [-0.15, -0.1) is 0 Å². The van der Waals surface area contributed by atoms with Gasteiger partial charge in [-0.2, -0.15) is 0 Å². The summed E-state index contributed by atoms with van der Waals surface area (Å²) in [5.74, 6) is 1.08. The number of carbonyl (C=O) groups is 1. The Kier molecular flexibility index (Phi) is 3.93. The van der Waals surface area contributed by atoms with E-state index < -0.39 is 0 Å². The summed E-state index contributed by atoms with van der Waals surface area (Å²) >= 11 is 0. The van der Waals surface area contributed by atoms with Gasteiger partial charge in [-0.25, -0.2) is 0 Å². The molecular weight excluding hydrogens is 254 g/mol. The highest BCUT2D eigenvalue weighted by atomic mass is 16.5. The minimum absolute atomic E-state index is 0.0742. The normalized spacial score (nSPS) is 20.2. The maximum Gasteiger partial charge on any atom is 0.325 e. The molecule has 20 heavy (non-hydrogen) atoms. The van der Waals surface area contributed by atoms with E-state index >= 15 is 0 Å². The number of esters is 1. The fraction of sp³-hybridized carbons (Fsp3) is 0.562. The summed E-state index contributed by atoms with van der Waals surface area (Å²) < 4.78 is 10.1. The number of benzene rings is 1. The molecule has 1 aromatic rings. The first kappa shape index (κ1) is 14.7. The van der Waals surface area contributed by atoms with E-state index in [1.54, 1.807) is 7.11 Å². The molecule has 1 aliphatic rings. The van der Waals surface area contributed by atoms with E-state index in [1.807, 2.05) is 12.1 Å². The number of hydrogen-bond acceptors (Lipinski definition) is 4. The highest BCUT2D eigenvalue weighted by Crippen LogP contribution is 2.44. The molecule has 1 aliphatic heterocycles. The van der Waals surface area contributed by atoms with Gasteiger partial charge in [0.1, 0.15) is 12.3 Å². The maximum absolute atomic E-state index is 11.7. The van der Waals surface area contributed by atoms with Crippen molar-refractivity contribution in [3.05, 3.63) is 23.8 Å². The van der Waals surface area contributed by atoms with Gasteiger partial charge in [-0.3, -0.25) is 4.79 Å². The second-order valence-corrected chi connectivity index (χ2v) is 6.00. The standard InChI is InChI=1S/C16H23NO3/c1-11-9-16(2,3)17(10-15(18)20-5)14-7-6-12(19-4)8-13(11)14/h6-8,11H,9-10H2,1-5H3/t11-/m1/s1. The summed E-state index contributed by atoms with van der Waals surface area (Å²) in [6.07, 6.45) is 0.990. The smallest absolute Gasteiger partial charge is 0.325 e. The average Bonchev–Trinajstić information content (AvgIpc) is 2.42. The largest absolute Gasteiger partial charge is 0.497 e. The van der Waals surface area contributed by atoms with Crippen LogP contribution in [0.25, 0.3) is 0 Å². The van der Waals surface area contributed by atoms with Gasteiger partial charge in [-0.1, -0.05) is 6.92 Å². The van der Waals surface area contributed by atoms with Crippen molar-refractivity contribution >= 4 is 11.7 Å². The second-order valence-electron chi connectivity index (χ2n) is 6.00. The zero-order valence-electron chi connectivity index (χ0n) is 12.9. The maximum atomic E-state index is 11.7. The molecule has 4 nitrogen and oxygen atoms in total. The lowest BCUT2D eigenvalue weighted by atomic mass is 9.80. The van der Waals surface area contributed by atoms with E-state index in [-0.39, 0.29) is 18.1 Å². The fourth-order valence-electron chi connectivity index (χ4n) is 3.09. The van der Waals surface area contributed by atoms with Gasteiger partial charge in [0.05, 0.1) is 14.2 Å². The fourth-order valence-corrected chi connectivity index (χ4v) is 3.09. The van der Waals surface area contributed by atoms with Crippen molar-refractivity contribution in [2.45, 2.75) is 38.6 Å². The molecule has 0 N–H and O–H groups in total. The van der Waals surface area contributed by atoms with Crippen LogP contribution in [0, 0.1) is 0 Å². The van der Waals surface area contributed by atoms with E-state index in [9.17, 15) is 4.79 Å². The first-order valence-electron chi connectivity index (χ1n) is 6.91. The number of fused-ring (bicyclic) bond motifs is 1. The Hall–Kier alpha value is -1.71. The molecule has 4 heteroatoms. The number of ether oxygens (including phenoxy) is 2. The Bertz CT molecular complexity index is 510. The molecule has 0 saturated carbocycles. The van der Waals surface area contributed by atoms with E-state index in [1.165, 1.54) is 12.7 Å². The van der Waals surface area contributed by atoms with Crippen LogP contribution in [0.15, 0.2) is 18.2 Å². The highest BCUT2D eigenvalue weighted by molar-refractivity contribution is 5.77. The molecule has 0 aliphatic carbocycles. The van der Waals surface area contributed by atoms with Crippen molar-refractivity contribution in [1.82, 2.24) is 0 Å². The zero-order chi connectivity index (χ0) is 14.9. The van der Waals surface area contributed by atoms with Crippen molar-refractivity contribution in [3.63, 3.8) is 0 Å². The van der Waals surface area contributed by atoms with Crippen LogP contribution >= 0.6 is 0 Å². The van der Waals surface area contributed by atoms with Crippen LogP contribution in [-0.4, -0.2) is 32.3 Å². The van der Waals surface area contributed by atoms with E-state index in [0.717, 1.165) is 17.9 Å². The van der Waals surface area contributed by atoms with Gasteiger partial charge in [0.25, 0.3) is 0 Å². The monoisotopic (exact) mass is 277 g/mol. The van der Waals surface area contributed by atoms with Crippen molar-refractivity contribution in [2.75, 3.05) is 25.7 Å². The molecule has 0 bridgehead atoms. The summed E-state index contributed by atoms with van der Waals surface area (Å²) in [5, 5.41) is 0. The van der Waals surface area contributed by atoms with Crippen LogP contribution in [0.1, 0.15) is 38.7 Å². The third-order valence-corrected chi connectivity index (χ3v) is 4.11. The van der Waals surface area contributed by atoms with Crippen LogP contribution in [0.5, 0.6) is 5.75 Å². The lowest BCUT2D eigenvalue weighted by Crippen LogP contribution is -2.50. The Morgan fingerprint density at radius 3 is 2.70 bits per heavy atom. The summed E-state index contributed by atoms with van der Waals surface area (Å²) in [5.41, 5.74) is 2.25. The molecule has 0 saturated heterocycles. The Morgan fingerprint density at radius 2 is 2.10 bits per heavy atom. The molecule has 0 fully saturated rings. The van der Waals surface area contributed by atoms with Crippen LogP contribution in [0.3, 0.4) is 0 Å². The topological polar surface area (TPSA) is 38.8 Å². The number of hydrogen-bond donors (Lipinski definition) is 0. The second kappa shape index (κ2) is 5.35. The molecule has 0 unspecified atom stereocenters. The highest BCUT2D eigenvalue weighted by Gasteiger charge is 2.37. The summed E-state index contributed by atoms with van der Waals surface area (Å²) in [6, 6.07) is 6.05. The summed E-state index contributed by atoms with van der Waals surface area (Å²) in [7, 11) is 3.10. The van der Waals surface area contributed by atoms with Crippen LogP contribution in [0.2, 0.25) is 0 Å². The number of anilines is 1. The predicted octanol–water partition coefficient (Wildman–Crippen LogP) is 2.96. The molecule has 0 spiro atoms. The van der Waals surface area contributed by atoms with E-state index in [2.05, 4.69) is 31.7 Å². The molecule has 110 valence electrons. The average molecular weight is 277 g/mol. The lowest BCUT2D eigenvalue weighted by molar-refractivity contribution is -0.139. The minimum Gasteiger partial charge on any atom is -0.497 e. The zero-order valence-corrected chi connectivity index (χ0v) is 12.9. The van der Waals surface area contributed by atoms with Crippen LogP contribution < -0.4 is 9.64 Å². The lowest BCUT2D eigenvalue weighted by Gasteiger charge is -2.47. The summed E-state index contributed by atoms with van der Waals surface area (Å²) in [6.45, 7) is 6.82. The Labute approximate surface area is 120 Å². The van der Waals surface area contributed by atoms with Gasteiger partial charge < -0.3 is 14.4 Å². The summed E-state index contributed by atoms with van der Waals surface area (Å²) in [4.78, 5) is 13.8. The third kappa shape index (κ3) is 2.60. The minimum atomic E-state index is -0.214. The van der Waals surface area contributed by atoms with Crippen molar-refractivity contribution in [3.8, 4) is 5.75 Å². The van der Waals surface area contributed by atoms with Gasteiger partial charge in [-0.05, 0) is 49.9 Å². The molecule has 2 rings (SSSR count). The number of methoxy groups -OCH3 is 2. The van der Waals surface area contributed by atoms with E-state index in [4.69, 9.17) is 9.47 Å². The van der Waals surface area contributed by atoms with Gasteiger partial charge in [0.2, 0.25) is 0 Å². The first-order valence-corrected chi connectivity index (χ1v) is 6.91. The SMILES string of the molecule is COC(=O)CN1c2ccc(OC)cc2[C@H](C)CC1(C)C. The van der Waals surface area contributed by atoms with Crippen molar-refractivity contribution in [2.24, 2.45) is 0 Å². The Balaban J connectivity index is 2.45. The predicted molar refractivity (Wildman–Crippen MR) is 79.5 cm³/mol. The van der Waals surface area contributed by atoms with Gasteiger partial charge >= 0.3 is 5.97 Å². The molecule has 0 aromatic heterocycles. The van der Waals surface area contributed by atoms with Gasteiger partial charge in [0, 0.05) is 11.2 Å². The first-order chi connectivity index (χ1) is 9.39. The van der Waals surface area contributed by atoms with Crippen molar-refractivity contribution < 1.29 is 14.3 Å². The third-order valence-electron chi connectivity index (χ3n) is 4.11. The molecule has 1 aromatic carbocycles. The van der Waals surface area contributed by atoms with Crippen molar-refractivity contribution in [1.29, 1.82) is 0 Å². The molecule has 0 amide bonds.